The summed E-state index contributed by atoms with van der Waals surface area (Å²) in [4.78, 5) is 19.3. The summed E-state index contributed by atoms with van der Waals surface area (Å²) in [6.45, 7) is 7.42. The van der Waals surface area contributed by atoms with Crippen LogP contribution < -0.4 is 15.4 Å². The lowest BCUT2D eigenvalue weighted by Crippen LogP contribution is -2.27. The van der Waals surface area contributed by atoms with E-state index in [0.29, 0.717) is 29.6 Å². The summed E-state index contributed by atoms with van der Waals surface area (Å²) in [6.07, 6.45) is 0.878. The van der Waals surface area contributed by atoms with Gasteiger partial charge < -0.3 is 20.3 Å². The summed E-state index contributed by atoms with van der Waals surface area (Å²) in [5.41, 5.74) is 1.56. The summed E-state index contributed by atoms with van der Waals surface area (Å²) in [5.74, 6) is 1.71. The number of hydrogen-bond acceptors (Lipinski definition) is 6. The first-order valence-corrected chi connectivity index (χ1v) is 10.2. The van der Waals surface area contributed by atoms with Crippen molar-refractivity contribution in [3.63, 3.8) is 0 Å². The number of nitrogens with one attached hydrogen (secondary N) is 3. The average Bonchev–Trinajstić information content (AvgIpc) is 3.08. The number of H-pyrrole nitrogens is 1. The summed E-state index contributed by atoms with van der Waals surface area (Å²) >= 11 is 0. The predicted molar refractivity (Wildman–Crippen MR) is 120 cm³/mol. The van der Waals surface area contributed by atoms with Crippen LogP contribution in [0.3, 0.4) is 0 Å². The summed E-state index contributed by atoms with van der Waals surface area (Å²) in [6, 6.07) is 9.36. The molecule has 3 aromatic rings. The van der Waals surface area contributed by atoms with Gasteiger partial charge in [-0.05, 0) is 77.5 Å². The van der Waals surface area contributed by atoms with Crippen LogP contribution >= 0.6 is 0 Å². The number of anilines is 2. The maximum atomic E-state index is 12.6. The zero-order valence-corrected chi connectivity index (χ0v) is 18.2. The Morgan fingerprint density at radius 2 is 2.00 bits per heavy atom. The lowest BCUT2D eigenvalue weighted by molar-refractivity contribution is 0.0952. The molecule has 0 saturated heterocycles. The summed E-state index contributed by atoms with van der Waals surface area (Å²) < 4.78 is 5.93. The number of carbonyl (C=O) groups is 1. The molecule has 8 heteroatoms. The molecule has 3 rings (SSSR count). The quantitative estimate of drug-likeness (QED) is 0.468. The predicted octanol–water partition coefficient (Wildman–Crippen LogP) is 3.48. The molecule has 30 heavy (non-hydrogen) atoms. The van der Waals surface area contributed by atoms with Gasteiger partial charge in [0.25, 0.3) is 5.91 Å². The number of pyridine rings is 1. The normalized spacial score (nSPS) is 11.3. The standard InChI is InChI=1S/C22H30N6O2/c1-14(2)30-22-18-8-7-16(21(29)23-9-6-10-28(4)5)12-17(18)13-19(25-22)24-20-11-15(3)26-27-20/h7-8,11-14H,6,9-10H2,1-5H3,(H,23,29)(H2,24,25,26,27). The average molecular weight is 411 g/mol. The third kappa shape index (κ3) is 5.70. The molecule has 1 amide bonds. The first kappa shape index (κ1) is 21.6. The van der Waals surface area contributed by atoms with E-state index in [1.165, 1.54) is 0 Å². The third-order valence-electron chi connectivity index (χ3n) is 4.44. The van der Waals surface area contributed by atoms with Crippen molar-refractivity contribution in [3.05, 3.63) is 41.6 Å². The van der Waals surface area contributed by atoms with Gasteiger partial charge in [-0.3, -0.25) is 9.89 Å². The minimum Gasteiger partial charge on any atom is -0.474 e. The van der Waals surface area contributed by atoms with Crippen molar-refractivity contribution < 1.29 is 9.53 Å². The van der Waals surface area contributed by atoms with Crippen LogP contribution in [0.15, 0.2) is 30.3 Å². The fourth-order valence-electron chi connectivity index (χ4n) is 3.06. The van der Waals surface area contributed by atoms with E-state index >= 15 is 0 Å². The molecule has 3 N–H and O–H groups in total. The molecular weight excluding hydrogens is 380 g/mol. The van der Waals surface area contributed by atoms with Crippen LogP contribution in [-0.4, -0.2) is 59.3 Å². The number of amides is 1. The van der Waals surface area contributed by atoms with Crippen molar-refractivity contribution in [2.24, 2.45) is 0 Å². The van der Waals surface area contributed by atoms with Crippen LogP contribution in [0, 0.1) is 6.92 Å². The fourth-order valence-corrected chi connectivity index (χ4v) is 3.06. The Labute approximate surface area is 177 Å². The lowest BCUT2D eigenvalue weighted by Gasteiger charge is -2.14. The van der Waals surface area contributed by atoms with Crippen molar-refractivity contribution in [2.45, 2.75) is 33.3 Å². The van der Waals surface area contributed by atoms with Gasteiger partial charge >= 0.3 is 0 Å². The maximum absolute atomic E-state index is 12.6. The Kier molecular flexibility index (Phi) is 6.89. The molecule has 0 saturated carbocycles. The fraction of sp³-hybridized carbons (Fsp3) is 0.409. The Morgan fingerprint density at radius 1 is 1.20 bits per heavy atom. The van der Waals surface area contributed by atoms with Gasteiger partial charge in [0.05, 0.1) is 6.10 Å². The van der Waals surface area contributed by atoms with Gasteiger partial charge in [-0.25, -0.2) is 0 Å². The molecule has 160 valence electrons. The second kappa shape index (κ2) is 9.58. The second-order valence-electron chi connectivity index (χ2n) is 7.89. The van der Waals surface area contributed by atoms with E-state index in [9.17, 15) is 4.79 Å². The maximum Gasteiger partial charge on any atom is 0.251 e. The zero-order chi connectivity index (χ0) is 21.7. The molecule has 0 aliphatic carbocycles. The second-order valence-corrected chi connectivity index (χ2v) is 7.89. The Bertz CT molecular complexity index is 1010. The van der Waals surface area contributed by atoms with Crippen LogP contribution in [0.1, 0.15) is 36.3 Å². The molecule has 0 aliphatic heterocycles. The van der Waals surface area contributed by atoms with Gasteiger partial charge in [0.2, 0.25) is 5.88 Å². The van der Waals surface area contributed by atoms with Crippen LogP contribution in [0.4, 0.5) is 11.6 Å². The lowest BCUT2D eigenvalue weighted by atomic mass is 10.1. The van der Waals surface area contributed by atoms with E-state index < -0.39 is 0 Å². The Hall–Kier alpha value is -3.13. The highest BCUT2D eigenvalue weighted by Gasteiger charge is 2.13. The summed E-state index contributed by atoms with van der Waals surface area (Å²) in [7, 11) is 4.04. The number of rotatable bonds is 9. The monoisotopic (exact) mass is 410 g/mol. The smallest absolute Gasteiger partial charge is 0.251 e. The topological polar surface area (TPSA) is 95.2 Å². The number of benzene rings is 1. The molecule has 0 fully saturated rings. The Morgan fingerprint density at radius 3 is 2.67 bits per heavy atom. The highest BCUT2D eigenvalue weighted by atomic mass is 16.5. The molecular formula is C22H30N6O2. The minimum atomic E-state index is -0.0868. The number of hydrogen-bond donors (Lipinski definition) is 3. The van der Waals surface area contributed by atoms with Gasteiger partial charge in [-0.2, -0.15) is 10.1 Å². The Balaban J connectivity index is 1.86. The number of fused-ring (bicyclic) bond motifs is 1. The molecule has 0 aliphatic rings. The molecule has 1 aromatic carbocycles. The first-order chi connectivity index (χ1) is 14.3. The van der Waals surface area contributed by atoms with Gasteiger partial charge in [-0.1, -0.05) is 0 Å². The number of aromatic nitrogens is 3. The summed E-state index contributed by atoms with van der Waals surface area (Å²) in [5, 5.41) is 15.0. The molecule has 2 aromatic heterocycles. The van der Waals surface area contributed by atoms with Crippen molar-refractivity contribution in [2.75, 3.05) is 32.5 Å². The number of aromatic amines is 1. The number of carbonyl (C=O) groups excluding carboxylic acids is 1. The first-order valence-electron chi connectivity index (χ1n) is 10.2. The molecule has 0 bridgehead atoms. The van der Waals surface area contributed by atoms with E-state index in [2.05, 4.69) is 30.7 Å². The zero-order valence-electron chi connectivity index (χ0n) is 18.2. The molecule has 0 radical (unpaired) electrons. The van der Waals surface area contributed by atoms with Crippen LogP contribution in [0.2, 0.25) is 0 Å². The van der Waals surface area contributed by atoms with Crippen molar-refractivity contribution in [1.29, 1.82) is 0 Å². The molecule has 0 atom stereocenters. The number of ether oxygens (including phenoxy) is 1. The van der Waals surface area contributed by atoms with Gasteiger partial charge in [-0.15, -0.1) is 0 Å². The van der Waals surface area contributed by atoms with Crippen molar-refractivity contribution >= 4 is 28.3 Å². The van der Waals surface area contributed by atoms with E-state index in [1.54, 1.807) is 0 Å². The van der Waals surface area contributed by atoms with Gasteiger partial charge in [0.1, 0.15) is 5.82 Å². The highest BCUT2D eigenvalue weighted by Crippen LogP contribution is 2.29. The van der Waals surface area contributed by atoms with Crippen LogP contribution in [-0.2, 0) is 0 Å². The largest absolute Gasteiger partial charge is 0.474 e. The SMILES string of the molecule is Cc1cc(Nc2cc3cc(C(=O)NCCCN(C)C)ccc3c(OC(C)C)n2)n[nH]1. The van der Waals surface area contributed by atoms with Crippen LogP contribution in [0.5, 0.6) is 5.88 Å². The van der Waals surface area contributed by atoms with Gasteiger partial charge in [0.15, 0.2) is 5.82 Å². The molecule has 0 unspecified atom stereocenters. The van der Waals surface area contributed by atoms with E-state index in [0.717, 1.165) is 29.4 Å². The minimum absolute atomic E-state index is 0.0248. The van der Waals surface area contributed by atoms with Crippen LogP contribution in [0.25, 0.3) is 10.8 Å². The molecule has 2 heterocycles. The van der Waals surface area contributed by atoms with E-state index in [1.807, 2.05) is 65.2 Å². The third-order valence-corrected chi connectivity index (χ3v) is 4.44. The highest BCUT2D eigenvalue weighted by molar-refractivity contribution is 6.00. The number of nitrogens with zero attached hydrogens (tertiary/aromatic N) is 3. The molecule has 0 spiro atoms. The van der Waals surface area contributed by atoms with E-state index in [-0.39, 0.29) is 12.0 Å². The molecule has 8 nitrogen and oxygen atoms in total. The number of aryl methyl sites for hydroxylation is 1. The van der Waals surface area contributed by atoms with Crippen molar-refractivity contribution in [3.8, 4) is 5.88 Å². The van der Waals surface area contributed by atoms with E-state index in [4.69, 9.17) is 4.74 Å². The van der Waals surface area contributed by atoms with Crippen molar-refractivity contribution in [1.82, 2.24) is 25.4 Å². The van der Waals surface area contributed by atoms with Gasteiger partial charge in [0, 0.05) is 29.3 Å².